The van der Waals surface area contributed by atoms with Crippen LogP contribution in [0.4, 0.5) is 0 Å². The van der Waals surface area contributed by atoms with E-state index in [1.807, 2.05) is 6.07 Å². The van der Waals surface area contributed by atoms with Gasteiger partial charge in [-0.3, -0.25) is 4.79 Å². The molecule has 0 bridgehead atoms. The lowest BCUT2D eigenvalue weighted by Crippen LogP contribution is -2.40. The Bertz CT molecular complexity index is 536. The number of aliphatic hydroxyl groups is 1. The summed E-state index contributed by atoms with van der Waals surface area (Å²) in [7, 11) is 0. The number of carbonyl (C=O) groups excluding carboxylic acids is 1. The molecule has 0 aliphatic heterocycles. The van der Waals surface area contributed by atoms with E-state index >= 15 is 0 Å². The number of hydrogen-bond donors (Lipinski definition) is 2. The summed E-state index contributed by atoms with van der Waals surface area (Å²) >= 11 is 1.37. The van der Waals surface area contributed by atoms with E-state index < -0.39 is 0 Å². The second kappa shape index (κ2) is 6.43. The highest BCUT2D eigenvalue weighted by Gasteiger charge is 2.29. The standard InChI is InChI=1S/C16H21NO2S/c1-16(2)9-3-5-12(11-16)17-15(19)14-8-7-13(20-14)6-4-10-18/h7-8,12,18H,3,5,9-11H2,1-2H3,(H,17,19). The maximum Gasteiger partial charge on any atom is 0.261 e. The molecule has 1 amide bonds. The van der Waals surface area contributed by atoms with Crippen molar-refractivity contribution in [2.75, 3.05) is 6.61 Å². The smallest absolute Gasteiger partial charge is 0.261 e. The van der Waals surface area contributed by atoms with Gasteiger partial charge in [0.2, 0.25) is 0 Å². The third-order valence-corrected chi connectivity index (χ3v) is 4.66. The Kier molecular flexibility index (Phi) is 4.85. The molecule has 1 aliphatic rings. The van der Waals surface area contributed by atoms with Crippen molar-refractivity contribution in [3.63, 3.8) is 0 Å². The van der Waals surface area contributed by atoms with Crippen molar-refractivity contribution in [1.29, 1.82) is 0 Å². The predicted octanol–water partition coefficient (Wildman–Crippen LogP) is 2.79. The highest BCUT2D eigenvalue weighted by Crippen LogP contribution is 2.35. The predicted molar refractivity (Wildman–Crippen MR) is 81.8 cm³/mol. The zero-order valence-electron chi connectivity index (χ0n) is 12.0. The summed E-state index contributed by atoms with van der Waals surface area (Å²) in [5, 5.41) is 11.8. The summed E-state index contributed by atoms with van der Waals surface area (Å²) in [5.74, 6) is 5.41. The molecule has 1 heterocycles. The van der Waals surface area contributed by atoms with Crippen molar-refractivity contribution in [3.05, 3.63) is 21.9 Å². The van der Waals surface area contributed by atoms with Crippen LogP contribution in [-0.4, -0.2) is 23.7 Å². The van der Waals surface area contributed by atoms with Gasteiger partial charge in [0, 0.05) is 6.04 Å². The average Bonchev–Trinajstić information content (AvgIpc) is 2.84. The van der Waals surface area contributed by atoms with Crippen LogP contribution in [0.1, 0.15) is 54.1 Å². The van der Waals surface area contributed by atoms with Gasteiger partial charge in [-0.1, -0.05) is 32.1 Å². The molecule has 0 saturated heterocycles. The van der Waals surface area contributed by atoms with Crippen LogP contribution < -0.4 is 5.32 Å². The van der Waals surface area contributed by atoms with E-state index in [0.717, 1.165) is 17.7 Å². The van der Waals surface area contributed by atoms with Gasteiger partial charge in [-0.15, -0.1) is 11.3 Å². The minimum Gasteiger partial charge on any atom is -0.384 e. The van der Waals surface area contributed by atoms with Crippen molar-refractivity contribution in [3.8, 4) is 11.8 Å². The molecule has 4 heteroatoms. The van der Waals surface area contributed by atoms with E-state index in [4.69, 9.17) is 5.11 Å². The number of rotatable bonds is 2. The lowest BCUT2D eigenvalue weighted by atomic mass is 9.75. The minimum absolute atomic E-state index is 0.00486. The van der Waals surface area contributed by atoms with E-state index in [-0.39, 0.29) is 18.6 Å². The fourth-order valence-corrected chi connectivity index (χ4v) is 3.52. The molecule has 1 fully saturated rings. The number of thiophene rings is 1. The van der Waals surface area contributed by atoms with Crippen LogP contribution >= 0.6 is 11.3 Å². The van der Waals surface area contributed by atoms with Gasteiger partial charge in [-0.05, 0) is 36.8 Å². The third-order valence-electron chi connectivity index (χ3n) is 3.66. The van der Waals surface area contributed by atoms with Gasteiger partial charge in [0.25, 0.3) is 5.91 Å². The SMILES string of the molecule is CC1(C)CCCC(NC(=O)c2ccc(C#CCO)s2)C1. The molecule has 20 heavy (non-hydrogen) atoms. The Morgan fingerprint density at radius 3 is 3.05 bits per heavy atom. The monoisotopic (exact) mass is 291 g/mol. The van der Waals surface area contributed by atoms with Gasteiger partial charge in [0.05, 0.1) is 9.75 Å². The van der Waals surface area contributed by atoms with Gasteiger partial charge in [0.15, 0.2) is 0 Å². The molecule has 1 aliphatic carbocycles. The summed E-state index contributed by atoms with van der Waals surface area (Å²) < 4.78 is 0. The highest BCUT2D eigenvalue weighted by molar-refractivity contribution is 7.14. The van der Waals surface area contributed by atoms with Crippen LogP contribution in [0.25, 0.3) is 0 Å². The first-order chi connectivity index (χ1) is 9.50. The maximum absolute atomic E-state index is 12.2. The van der Waals surface area contributed by atoms with Gasteiger partial charge in [-0.2, -0.15) is 0 Å². The second-order valence-corrected chi connectivity index (χ2v) is 7.14. The fourth-order valence-electron chi connectivity index (χ4n) is 2.73. The summed E-state index contributed by atoms with van der Waals surface area (Å²) in [4.78, 5) is 13.7. The molecule has 108 valence electrons. The van der Waals surface area contributed by atoms with Crippen molar-refractivity contribution in [2.24, 2.45) is 5.41 Å². The van der Waals surface area contributed by atoms with Crippen molar-refractivity contribution in [2.45, 2.75) is 45.6 Å². The van der Waals surface area contributed by atoms with Crippen molar-refractivity contribution < 1.29 is 9.90 Å². The number of nitrogens with one attached hydrogen (secondary N) is 1. The zero-order valence-corrected chi connectivity index (χ0v) is 12.8. The highest BCUT2D eigenvalue weighted by atomic mass is 32.1. The van der Waals surface area contributed by atoms with Crippen LogP contribution in [0.3, 0.4) is 0 Å². The Labute approximate surface area is 124 Å². The van der Waals surface area contributed by atoms with Crippen LogP contribution in [0, 0.1) is 17.3 Å². The Balaban J connectivity index is 1.96. The van der Waals surface area contributed by atoms with Gasteiger partial charge in [-0.25, -0.2) is 0 Å². The number of hydrogen-bond acceptors (Lipinski definition) is 3. The van der Waals surface area contributed by atoms with E-state index in [9.17, 15) is 4.79 Å². The summed E-state index contributed by atoms with van der Waals surface area (Å²) in [6.07, 6.45) is 4.52. The molecular formula is C16H21NO2S. The first kappa shape index (κ1) is 15.1. The summed E-state index contributed by atoms with van der Waals surface area (Å²) in [6.45, 7) is 4.37. The Morgan fingerprint density at radius 1 is 1.55 bits per heavy atom. The van der Waals surface area contributed by atoms with E-state index in [0.29, 0.717) is 10.3 Å². The number of carbonyl (C=O) groups is 1. The van der Waals surface area contributed by atoms with Crippen molar-refractivity contribution >= 4 is 17.2 Å². The van der Waals surface area contributed by atoms with Crippen LogP contribution in [0.5, 0.6) is 0 Å². The third kappa shape index (κ3) is 4.09. The number of amides is 1. The van der Waals surface area contributed by atoms with Gasteiger partial charge in [0.1, 0.15) is 6.61 Å². The molecule has 3 nitrogen and oxygen atoms in total. The Hall–Kier alpha value is -1.31. The molecule has 1 atom stereocenters. The molecule has 1 aromatic heterocycles. The molecular weight excluding hydrogens is 270 g/mol. The quantitative estimate of drug-likeness (QED) is 0.823. The minimum atomic E-state index is -0.156. The summed E-state index contributed by atoms with van der Waals surface area (Å²) in [5.41, 5.74) is 0.323. The van der Waals surface area contributed by atoms with E-state index in [1.54, 1.807) is 6.07 Å². The molecule has 1 aromatic rings. The first-order valence-electron chi connectivity index (χ1n) is 7.01. The molecule has 0 radical (unpaired) electrons. The summed E-state index contributed by atoms with van der Waals surface area (Å²) in [6, 6.07) is 3.91. The van der Waals surface area contributed by atoms with E-state index in [2.05, 4.69) is 31.0 Å². The molecule has 1 saturated carbocycles. The van der Waals surface area contributed by atoms with Crippen molar-refractivity contribution in [1.82, 2.24) is 5.32 Å². The molecule has 2 rings (SSSR count). The molecule has 1 unspecified atom stereocenters. The maximum atomic E-state index is 12.2. The van der Waals surface area contributed by atoms with Gasteiger partial charge < -0.3 is 10.4 Å². The average molecular weight is 291 g/mol. The molecule has 0 spiro atoms. The van der Waals surface area contributed by atoms with Crippen LogP contribution in [-0.2, 0) is 0 Å². The normalized spacial score (nSPS) is 20.9. The number of aliphatic hydroxyl groups excluding tert-OH is 1. The topological polar surface area (TPSA) is 49.3 Å². The second-order valence-electron chi connectivity index (χ2n) is 6.05. The lowest BCUT2D eigenvalue weighted by Gasteiger charge is -2.35. The molecule has 2 N–H and O–H groups in total. The molecule has 0 aromatic carbocycles. The van der Waals surface area contributed by atoms with Crippen LogP contribution in [0.2, 0.25) is 0 Å². The zero-order chi connectivity index (χ0) is 14.6. The van der Waals surface area contributed by atoms with Gasteiger partial charge >= 0.3 is 0 Å². The largest absolute Gasteiger partial charge is 0.384 e. The van der Waals surface area contributed by atoms with Crippen LogP contribution in [0.15, 0.2) is 12.1 Å². The lowest BCUT2D eigenvalue weighted by molar-refractivity contribution is 0.0906. The fraction of sp³-hybridized carbons (Fsp3) is 0.562. The van der Waals surface area contributed by atoms with E-state index in [1.165, 1.54) is 24.2 Å². The first-order valence-corrected chi connectivity index (χ1v) is 7.82. The Morgan fingerprint density at radius 2 is 2.35 bits per heavy atom.